The highest BCUT2D eigenvalue weighted by atomic mass is 16.4. The molecule has 102 valence electrons. The first-order chi connectivity index (χ1) is 8.53. The van der Waals surface area contributed by atoms with Crippen LogP contribution >= 0.6 is 0 Å². The first-order valence-electron chi connectivity index (χ1n) is 7.07. The number of carboxylic acid groups (broad SMARTS) is 1. The van der Waals surface area contributed by atoms with Crippen molar-refractivity contribution in [2.24, 2.45) is 11.3 Å². The van der Waals surface area contributed by atoms with Gasteiger partial charge >= 0.3 is 5.97 Å². The molecule has 2 rings (SSSR count). The zero-order valence-electron chi connectivity index (χ0n) is 11.1. The predicted octanol–water partition coefficient (Wildman–Crippen LogP) is 2.33. The molecule has 2 saturated carbocycles. The van der Waals surface area contributed by atoms with Gasteiger partial charge < -0.3 is 10.4 Å². The molecule has 2 aliphatic carbocycles. The number of hydrogen-bond donors (Lipinski definition) is 2. The number of carbonyl (C=O) groups excluding carboxylic acids is 1. The number of carboxylic acids is 1. The van der Waals surface area contributed by atoms with Crippen LogP contribution in [0.25, 0.3) is 0 Å². The maximum absolute atomic E-state index is 12.3. The van der Waals surface area contributed by atoms with Crippen molar-refractivity contribution < 1.29 is 14.7 Å². The second-order valence-electron chi connectivity index (χ2n) is 6.08. The lowest BCUT2D eigenvalue weighted by Gasteiger charge is -2.32. The van der Waals surface area contributed by atoms with Gasteiger partial charge in [-0.1, -0.05) is 32.6 Å². The zero-order chi connectivity index (χ0) is 13.2. The molecule has 2 aliphatic rings. The summed E-state index contributed by atoms with van der Waals surface area (Å²) in [7, 11) is 0. The van der Waals surface area contributed by atoms with Crippen molar-refractivity contribution in [3.05, 3.63) is 0 Å². The van der Waals surface area contributed by atoms with Crippen LogP contribution in [0.3, 0.4) is 0 Å². The van der Waals surface area contributed by atoms with E-state index >= 15 is 0 Å². The van der Waals surface area contributed by atoms with E-state index in [0.717, 1.165) is 44.9 Å². The lowest BCUT2D eigenvalue weighted by atomic mass is 9.82. The van der Waals surface area contributed by atoms with Gasteiger partial charge in [-0.05, 0) is 25.7 Å². The minimum Gasteiger partial charge on any atom is -0.481 e. The largest absolute Gasteiger partial charge is 0.481 e. The highest BCUT2D eigenvalue weighted by Gasteiger charge is 2.39. The highest BCUT2D eigenvalue weighted by Crippen LogP contribution is 2.38. The molecule has 0 saturated heterocycles. The van der Waals surface area contributed by atoms with Gasteiger partial charge in [0.05, 0.1) is 5.92 Å². The Labute approximate surface area is 108 Å². The van der Waals surface area contributed by atoms with Crippen LogP contribution in [-0.2, 0) is 9.59 Å². The Bertz CT molecular complexity index is 334. The molecule has 4 heteroatoms. The Morgan fingerprint density at radius 3 is 2.33 bits per heavy atom. The van der Waals surface area contributed by atoms with Crippen molar-refractivity contribution in [3.8, 4) is 0 Å². The summed E-state index contributed by atoms with van der Waals surface area (Å²) in [5.74, 6) is -1.09. The minimum atomic E-state index is -0.767. The van der Waals surface area contributed by atoms with Crippen LogP contribution < -0.4 is 5.32 Å². The molecule has 2 N–H and O–H groups in total. The van der Waals surface area contributed by atoms with Gasteiger partial charge in [0.25, 0.3) is 0 Å². The van der Waals surface area contributed by atoms with Crippen molar-refractivity contribution in [1.82, 2.24) is 5.32 Å². The fraction of sp³-hybridized carbons (Fsp3) is 0.857. The van der Waals surface area contributed by atoms with E-state index in [-0.39, 0.29) is 17.4 Å². The third kappa shape index (κ3) is 2.68. The van der Waals surface area contributed by atoms with Crippen LogP contribution in [0.4, 0.5) is 0 Å². The van der Waals surface area contributed by atoms with Gasteiger partial charge in [0.1, 0.15) is 0 Å². The minimum absolute atomic E-state index is 0.0677. The first-order valence-corrected chi connectivity index (χ1v) is 7.07. The molecule has 0 radical (unpaired) electrons. The fourth-order valence-corrected chi connectivity index (χ4v) is 3.32. The van der Waals surface area contributed by atoms with E-state index in [9.17, 15) is 14.7 Å². The lowest BCUT2D eigenvalue weighted by Crippen LogP contribution is -2.49. The first kappa shape index (κ1) is 13.4. The Morgan fingerprint density at radius 2 is 1.72 bits per heavy atom. The van der Waals surface area contributed by atoms with E-state index in [4.69, 9.17) is 0 Å². The average Bonchev–Trinajstić information content (AvgIpc) is 2.78. The summed E-state index contributed by atoms with van der Waals surface area (Å²) in [5.41, 5.74) is -0.263. The number of carbonyl (C=O) groups is 2. The van der Waals surface area contributed by atoms with Crippen molar-refractivity contribution in [2.45, 2.75) is 64.3 Å². The molecular formula is C14H23NO3. The van der Waals surface area contributed by atoms with Gasteiger partial charge in [0.15, 0.2) is 0 Å². The van der Waals surface area contributed by atoms with E-state index in [1.54, 1.807) is 0 Å². The number of amides is 1. The van der Waals surface area contributed by atoms with E-state index < -0.39 is 11.9 Å². The Kier molecular flexibility index (Phi) is 3.93. The van der Waals surface area contributed by atoms with Crippen LogP contribution in [0, 0.1) is 11.3 Å². The molecule has 2 unspecified atom stereocenters. The average molecular weight is 253 g/mol. The standard InChI is InChI=1S/C14H23NO3/c1-14(8-4-5-9-14)13(18)15-11-7-3-2-6-10(11)12(16)17/h10-11H,2-9H2,1H3,(H,15,18)(H,16,17). The molecule has 4 nitrogen and oxygen atoms in total. The van der Waals surface area contributed by atoms with E-state index in [0.29, 0.717) is 6.42 Å². The summed E-state index contributed by atoms with van der Waals surface area (Å²) in [6, 6.07) is -0.166. The van der Waals surface area contributed by atoms with E-state index in [2.05, 4.69) is 5.32 Å². The molecule has 18 heavy (non-hydrogen) atoms. The fourth-order valence-electron chi connectivity index (χ4n) is 3.32. The number of aliphatic carboxylic acids is 1. The predicted molar refractivity (Wildman–Crippen MR) is 68.1 cm³/mol. The quantitative estimate of drug-likeness (QED) is 0.811. The topological polar surface area (TPSA) is 66.4 Å². The summed E-state index contributed by atoms with van der Waals surface area (Å²) in [5, 5.41) is 12.2. The van der Waals surface area contributed by atoms with Crippen molar-refractivity contribution in [1.29, 1.82) is 0 Å². The molecule has 0 bridgehead atoms. The molecule has 0 aromatic rings. The molecule has 1 amide bonds. The summed E-state index contributed by atoms with van der Waals surface area (Å²) in [4.78, 5) is 23.5. The number of hydrogen-bond acceptors (Lipinski definition) is 2. The second kappa shape index (κ2) is 5.29. The molecule has 0 aromatic heterocycles. The van der Waals surface area contributed by atoms with Crippen LogP contribution in [0.15, 0.2) is 0 Å². The van der Waals surface area contributed by atoms with E-state index in [1.807, 2.05) is 6.92 Å². The van der Waals surface area contributed by atoms with Gasteiger partial charge in [0.2, 0.25) is 5.91 Å². The monoisotopic (exact) mass is 253 g/mol. The van der Waals surface area contributed by atoms with Gasteiger partial charge in [-0.3, -0.25) is 9.59 Å². The maximum atomic E-state index is 12.3. The SMILES string of the molecule is CC1(C(=O)NC2CCCCC2C(=O)O)CCCC1. The van der Waals surface area contributed by atoms with Crippen LogP contribution in [0.2, 0.25) is 0 Å². The van der Waals surface area contributed by atoms with Crippen molar-refractivity contribution in [3.63, 3.8) is 0 Å². The van der Waals surface area contributed by atoms with Gasteiger partial charge in [-0.25, -0.2) is 0 Å². The lowest BCUT2D eigenvalue weighted by molar-refractivity contribution is -0.144. The van der Waals surface area contributed by atoms with Crippen LogP contribution in [-0.4, -0.2) is 23.0 Å². The number of nitrogens with one attached hydrogen (secondary N) is 1. The van der Waals surface area contributed by atoms with Crippen molar-refractivity contribution >= 4 is 11.9 Å². The second-order valence-corrected chi connectivity index (χ2v) is 6.08. The van der Waals surface area contributed by atoms with Crippen LogP contribution in [0.5, 0.6) is 0 Å². The van der Waals surface area contributed by atoms with Gasteiger partial charge in [0, 0.05) is 11.5 Å². The van der Waals surface area contributed by atoms with Crippen LogP contribution in [0.1, 0.15) is 58.3 Å². The Balaban J connectivity index is 1.98. The summed E-state index contributed by atoms with van der Waals surface area (Å²) >= 11 is 0. The van der Waals surface area contributed by atoms with Gasteiger partial charge in [-0.2, -0.15) is 0 Å². The number of rotatable bonds is 3. The third-order valence-electron chi connectivity index (χ3n) is 4.65. The Morgan fingerprint density at radius 1 is 1.11 bits per heavy atom. The zero-order valence-corrected chi connectivity index (χ0v) is 11.1. The molecule has 2 fully saturated rings. The molecule has 2 atom stereocenters. The smallest absolute Gasteiger partial charge is 0.308 e. The molecule has 0 aliphatic heterocycles. The molecule has 0 aromatic carbocycles. The normalized spacial score (nSPS) is 30.9. The highest BCUT2D eigenvalue weighted by molar-refractivity contribution is 5.83. The van der Waals surface area contributed by atoms with Crippen molar-refractivity contribution in [2.75, 3.05) is 0 Å². The Hall–Kier alpha value is -1.06. The maximum Gasteiger partial charge on any atom is 0.308 e. The van der Waals surface area contributed by atoms with E-state index in [1.165, 1.54) is 0 Å². The molecular weight excluding hydrogens is 230 g/mol. The molecule has 0 heterocycles. The summed E-state index contributed by atoms with van der Waals surface area (Å²) in [6.45, 7) is 2.01. The summed E-state index contributed by atoms with van der Waals surface area (Å²) in [6.07, 6.45) is 7.56. The molecule has 0 spiro atoms. The summed E-state index contributed by atoms with van der Waals surface area (Å²) < 4.78 is 0. The third-order valence-corrected chi connectivity index (χ3v) is 4.65. The van der Waals surface area contributed by atoms with Gasteiger partial charge in [-0.15, -0.1) is 0 Å².